The first-order chi connectivity index (χ1) is 8.24. The van der Waals surface area contributed by atoms with E-state index in [2.05, 4.69) is 29.5 Å². The molecule has 2 heterocycles. The molecule has 2 aliphatic rings. The zero-order valence-electron chi connectivity index (χ0n) is 10.5. The first-order valence-corrected chi connectivity index (χ1v) is 7.41. The van der Waals surface area contributed by atoms with Gasteiger partial charge in [-0.1, -0.05) is 0 Å². The number of thiazole rings is 1. The fraction of sp³-hybridized carbons (Fsp3) is 0.769. The summed E-state index contributed by atoms with van der Waals surface area (Å²) in [4.78, 5) is 4.55. The highest BCUT2D eigenvalue weighted by atomic mass is 32.1. The predicted octanol–water partition coefficient (Wildman–Crippen LogP) is 2.67. The second-order valence-corrected chi connectivity index (χ2v) is 6.31. The number of aromatic nitrogens is 1. The van der Waals surface area contributed by atoms with Crippen LogP contribution < -0.4 is 5.32 Å². The third-order valence-corrected chi connectivity index (χ3v) is 4.56. The van der Waals surface area contributed by atoms with Gasteiger partial charge in [0.25, 0.3) is 0 Å². The molecule has 3 rings (SSSR count). The van der Waals surface area contributed by atoms with Gasteiger partial charge in [-0.05, 0) is 39.0 Å². The molecule has 0 radical (unpaired) electrons. The van der Waals surface area contributed by atoms with Crippen molar-refractivity contribution in [1.29, 1.82) is 0 Å². The van der Waals surface area contributed by atoms with E-state index < -0.39 is 0 Å². The lowest BCUT2D eigenvalue weighted by atomic mass is 10.0. The van der Waals surface area contributed by atoms with Crippen LogP contribution in [0.25, 0.3) is 0 Å². The molecule has 1 N–H and O–H groups in total. The van der Waals surface area contributed by atoms with Gasteiger partial charge in [0.2, 0.25) is 0 Å². The van der Waals surface area contributed by atoms with Gasteiger partial charge in [-0.2, -0.15) is 0 Å². The van der Waals surface area contributed by atoms with Crippen molar-refractivity contribution < 1.29 is 4.74 Å². The SMILES string of the molecule is Cc1nc(C(C)NC2CCOC2C2CC2)cs1. The average Bonchev–Trinajstić information content (AvgIpc) is 2.89. The van der Waals surface area contributed by atoms with Crippen LogP contribution in [0, 0.1) is 12.8 Å². The summed E-state index contributed by atoms with van der Waals surface area (Å²) in [6.45, 7) is 5.19. The average molecular weight is 252 g/mol. The maximum Gasteiger partial charge on any atom is 0.0898 e. The largest absolute Gasteiger partial charge is 0.376 e. The van der Waals surface area contributed by atoms with E-state index in [1.165, 1.54) is 18.5 Å². The highest BCUT2D eigenvalue weighted by molar-refractivity contribution is 7.09. The molecule has 0 bridgehead atoms. The number of hydrogen-bond donors (Lipinski definition) is 1. The minimum atomic E-state index is 0.341. The number of nitrogens with zero attached hydrogens (tertiary/aromatic N) is 1. The molecule has 1 aromatic rings. The lowest BCUT2D eigenvalue weighted by molar-refractivity contribution is 0.0792. The van der Waals surface area contributed by atoms with Crippen molar-refractivity contribution >= 4 is 11.3 Å². The van der Waals surface area contributed by atoms with E-state index in [0.717, 1.165) is 24.0 Å². The van der Waals surface area contributed by atoms with Crippen LogP contribution in [0.15, 0.2) is 5.38 Å². The first kappa shape index (κ1) is 11.6. The summed E-state index contributed by atoms with van der Waals surface area (Å²) >= 11 is 1.73. The zero-order chi connectivity index (χ0) is 11.8. The van der Waals surface area contributed by atoms with Gasteiger partial charge in [-0.25, -0.2) is 4.98 Å². The highest BCUT2D eigenvalue weighted by Crippen LogP contribution is 2.39. The molecule has 1 aliphatic heterocycles. The maximum absolute atomic E-state index is 5.85. The van der Waals surface area contributed by atoms with Gasteiger partial charge < -0.3 is 10.1 Å². The Labute approximate surface area is 107 Å². The molecule has 3 atom stereocenters. The molecule has 0 aromatic carbocycles. The zero-order valence-corrected chi connectivity index (χ0v) is 11.3. The van der Waals surface area contributed by atoms with Crippen molar-refractivity contribution in [2.45, 2.75) is 51.3 Å². The second-order valence-electron chi connectivity index (χ2n) is 5.25. The van der Waals surface area contributed by atoms with Gasteiger partial charge in [0, 0.05) is 24.1 Å². The Hall–Kier alpha value is -0.450. The molecule has 3 unspecified atom stereocenters. The molecule has 0 amide bonds. The molecule has 0 spiro atoms. The Morgan fingerprint density at radius 3 is 2.94 bits per heavy atom. The third kappa shape index (κ3) is 2.54. The Balaban J connectivity index is 1.62. The number of nitrogens with one attached hydrogen (secondary N) is 1. The predicted molar refractivity (Wildman–Crippen MR) is 69.3 cm³/mol. The highest BCUT2D eigenvalue weighted by Gasteiger charge is 2.40. The summed E-state index contributed by atoms with van der Waals surface area (Å²) in [6, 6.07) is 0.868. The van der Waals surface area contributed by atoms with E-state index in [9.17, 15) is 0 Å². The normalized spacial score (nSPS) is 30.7. The van der Waals surface area contributed by atoms with Crippen molar-refractivity contribution in [3.05, 3.63) is 16.1 Å². The Morgan fingerprint density at radius 2 is 2.29 bits per heavy atom. The molecular formula is C13H20N2OS. The summed E-state index contributed by atoms with van der Waals surface area (Å²) in [5, 5.41) is 7.01. The van der Waals surface area contributed by atoms with Crippen LogP contribution >= 0.6 is 11.3 Å². The molecule has 3 nitrogen and oxygen atoms in total. The fourth-order valence-electron chi connectivity index (χ4n) is 2.66. The number of rotatable bonds is 4. The Kier molecular flexibility index (Phi) is 3.19. The maximum atomic E-state index is 5.85. The van der Waals surface area contributed by atoms with E-state index in [-0.39, 0.29) is 0 Å². The molecule has 4 heteroatoms. The van der Waals surface area contributed by atoms with Gasteiger partial charge in [0.15, 0.2) is 0 Å². The van der Waals surface area contributed by atoms with Crippen LogP contribution in [-0.2, 0) is 4.74 Å². The van der Waals surface area contributed by atoms with Gasteiger partial charge in [0.05, 0.1) is 16.8 Å². The monoisotopic (exact) mass is 252 g/mol. The topological polar surface area (TPSA) is 34.2 Å². The summed E-state index contributed by atoms with van der Waals surface area (Å²) < 4.78 is 5.85. The second kappa shape index (κ2) is 4.67. The number of hydrogen-bond acceptors (Lipinski definition) is 4. The molecule has 94 valence electrons. The molecule has 17 heavy (non-hydrogen) atoms. The van der Waals surface area contributed by atoms with Gasteiger partial charge in [-0.3, -0.25) is 0 Å². The molecule has 1 saturated carbocycles. The number of ether oxygens (including phenoxy) is 1. The molecule has 2 fully saturated rings. The van der Waals surface area contributed by atoms with Crippen LogP contribution in [0.3, 0.4) is 0 Å². The summed E-state index contributed by atoms with van der Waals surface area (Å²) in [7, 11) is 0. The third-order valence-electron chi connectivity index (χ3n) is 3.77. The van der Waals surface area contributed by atoms with E-state index in [4.69, 9.17) is 4.74 Å². The van der Waals surface area contributed by atoms with Crippen LogP contribution in [0.4, 0.5) is 0 Å². The minimum absolute atomic E-state index is 0.341. The van der Waals surface area contributed by atoms with E-state index in [0.29, 0.717) is 18.2 Å². The molecular weight excluding hydrogens is 232 g/mol. The number of aryl methyl sites for hydroxylation is 1. The summed E-state index contributed by atoms with van der Waals surface area (Å²) in [6.07, 6.45) is 4.31. The van der Waals surface area contributed by atoms with Crippen molar-refractivity contribution in [3.8, 4) is 0 Å². The van der Waals surface area contributed by atoms with Gasteiger partial charge in [0.1, 0.15) is 0 Å². The van der Waals surface area contributed by atoms with Crippen LogP contribution in [0.1, 0.15) is 42.9 Å². The van der Waals surface area contributed by atoms with E-state index in [1.54, 1.807) is 11.3 Å². The van der Waals surface area contributed by atoms with Crippen molar-refractivity contribution in [1.82, 2.24) is 10.3 Å². The Bertz CT molecular complexity index is 389. The van der Waals surface area contributed by atoms with E-state index >= 15 is 0 Å². The smallest absolute Gasteiger partial charge is 0.0898 e. The Morgan fingerprint density at radius 1 is 1.47 bits per heavy atom. The lowest BCUT2D eigenvalue weighted by Crippen LogP contribution is -2.39. The molecule has 1 aromatic heterocycles. The van der Waals surface area contributed by atoms with Gasteiger partial charge in [-0.15, -0.1) is 11.3 Å². The summed E-state index contributed by atoms with van der Waals surface area (Å²) in [5.74, 6) is 0.819. The quantitative estimate of drug-likeness (QED) is 0.894. The van der Waals surface area contributed by atoms with Crippen LogP contribution in [0.2, 0.25) is 0 Å². The van der Waals surface area contributed by atoms with Crippen molar-refractivity contribution in [3.63, 3.8) is 0 Å². The van der Waals surface area contributed by atoms with Crippen LogP contribution in [0.5, 0.6) is 0 Å². The molecule has 1 saturated heterocycles. The molecule has 1 aliphatic carbocycles. The van der Waals surface area contributed by atoms with Crippen LogP contribution in [-0.4, -0.2) is 23.7 Å². The standard InChI is InChI=1S/C13H20N2OS/c1-8(12-7-17-9(2)15-12)14-11-5-6-16-13(11)10-3-4-10/h7-8,10-11,13-14H,3-6H2,1-2H3. The van der Waals surface area contributed by atoms with E-state index in [1.807, 2.05) is 0 Å². The van der Waals surface area contributed by atoms with Crippen molar-refractivity contribution in [2.75, 3.05) is 6.61 Å². The van der Waals surface area contributed by atoms with Gasteiger partial charge >= 0.3 is 0 Å². The summed E-state index contributed by atoms with van der Waals surface area (Å²) in [5.41, 5.74) is 1.17. The van der Waals surface area contributed by atoms with Crippen molar-refractivity contribution in [2.24, 2.45) is 5.92 Å². The first-order valence-electron chi connectivity index (χ1n) is 6.53. The fourth-order valence-corrected chi connectivity index (χ4v) is 3.37. The minimum Gasteiger partial charge on any atom is -0.376 e. The lowest BCUT2D eigenvalue weighted by Gasteiger charge is -2.23.